The van der Waals surface area contributed by atoms with Crippen LogP contribution in [0, 0.1) is 5.41 Å². The highest BCUT2D eigenvalue weighted by Crippen LogP contribution is 2.06. The fourth-order valence-electron chi connectivity index (χ4n) is 0.987. The highest BCUT2D eigenvalue weighted by molar-refractivity contribution is 5.81. The minimum atomic E-state index is 0.602. The molecule has 0 bridgehead atoms. The molecule has 0 saturated heterocycles. The molecule has 0 aliphatic rings. The SMILES string of the molecule is CN(C)C(=N)Cc1ccc(N)cc1. The molecule has 0 radical (unpaired) electrons. The maximum atomic E-state index is 7.63. The summed E-state index contributed by atoms with van der Waals surface area (Å²) in [5.41, 5.74) is 7.44. The van der Waals surface area contributed by atoms with Gasteiger partial charge in [-0.05, 0) is 17.7 Å². The van der Waals surface area contributed by atoms with Crippen molar-refractivity contribution in [1.29, 1.82) is 5.41 Å². The Morgan fingerprint density at radius 3 is 2.31 bits per heavy atom. The van der Waals surface area contributed by atoms with Gasteiger partial charge in [0.25, 0.3) is 0 Å². The normalized spacial score (nSPS) is 9.69. The first-order valence-electron chi connectivity index (χ1n) is 4.19. The van der Waals surface area contributed by atoms with Crippen LogP contribution in [-0.4, -0.2) is 24.8 Å². The van der Waals surface area contributed by atoms with Gasteiger partial charge < -0.3 is 10.6 Å². The Kier molecular flexibility index (Phi) is 2.90. The van der Waals surface area contributed by atoms with Crippen LogP contribution in [0.1, 0.15) is 5.56 Å². The zero-order valence-corrected chi connectivity index (χ0v) is 8.04. The van der Waals surface area contributed by atoms with Gasteiger partial charge in [-0.2, -0.15) is 0 Å². The molecule has 0 atom stereocenters. The van der Waals surface area contributed by atoms with Crippen molar-refractivity contribution in [3.05, 3.63) is 29.8 Å². The third kappa shape index (κ3) is 2.78. The molecule has 0 saturated carbocycles. The van der Waals surface area contributed by atoms with Gasteiger partial charge in [0.15, 0.2) is 0 Å². The first-order chi connectivity index (χ1) is 6.09. The van der Waals surface area contributed by atoms with E-state index in [4.69, 9.17) is 11.1 Å². The van der Waals surface area contributed by atoms with Gasteiger partial charge in [-0.25, -0.2) is 0 Å². The second-order valence-corrected chi connectivity index (χ2v) is 3.26. The first-order valence-corrected chi connectivity index (χ1v) is 4.19. The van der Waals surface area contributed by atoms with E-state index in [0.29, 0.717) is 12.3 Å². The van der Waals surface area contributed by atoms with Gasteiger partial charge in [0, 0.05) is 26.2 Å². The number of nitrogens with two attached hydrogens (primary N) is 1. The predicted molar refractivity (Wildman–Crippen MR) is 56.0 cm³/mol. The summed E-state index contributed by atoms with van der Waals surface area (Å²) in [6, 6.07) is 7.62. The van der Waals surface area contributed by atoms with Crippen LogP contribution < -0.4 is 5.73 Å². The third-order valence-electron chi connectivity index (χ3n) is 1.89. The molecular formula is C10H15N3. The van der Waals surface area contributed by atoms with Crippen molar-refractivity contribution < 1.29 is 0 Å². The van der Waals surface area contributed by atoms with E-state index in [1.807, 2.05) is 38.4 Å². The van der Waals surface area contributed by atoms with Crippen molar-refractivity contribution in [2.24, 2.45) is 0 Å². The topological polar surface area (TPSA) is 53.1 Å². The molecule has 1 aromatic rings. The van der Waals surface area contributed by atoms with Crippen LogP contribution in [0.3, 0.4) is 0 Å². The Labute approximate surface area is 78.7 Å². The van der Waals surface area contributed by atoms with Crippen molar-refractivity contribution in [2.45, 2.75) is 6.42 Å². The van der Waals surface area contributed by atoms with Crippen LogP contribution in [0.2, 0.25) is 0 Å². The van der Waals surface area contributed by atoms with Crippen molar-refractivity contribution in [3.63, 3.8) is 0 Å². The summed E-state index contributed by atoms with van der Waals surface area (Å²) < 4.78 is 0. The van der Waals surface area contributed by atoms with Gasteiger partial charge in [-0.1, -0.05) is 12.1 Å². The molecule has 0 aromatic heterocycles. The molecule has 0 spiro atoms. The second kappa shape index (κ2) is 3.94. The predicted octanol–water partition coefficient (Wildman–Crippen LogP) is 1.35. The lowest BCUT2D eigenvalue weighted by atomic mass is 10.1. The maximum Gasteiger partial charge on any atom is 0.0997 e. The Morgan fingerprint density at radius 2 is 1.85 bits per heavy atom. The van der Waals surface area contributed by atoms with Gasteiger partial charge in [-0.15, -0.1) is 0 Å². The number of rotatable bonds is 2. The van der Waals surface area contributed by atoms with Gasteiger partial charge in [0.05, 0.1) is 5.84 Å². The monoisotopic (exact) mass is 177 g/mol. The smallest absolute Gasteiger partial charge is 0.0997 e. The largest absolute Gasteiger partial charge is 0.399 e. The molecule has 0 heterocycles. The Bertz CT molecular complexity index is 288. The number of anilines is 1. The standard InChI is InChI=1S/C10H15N3/c1-13(2)10(12)7-8-3-5-9(11)6-4-8/h3-6,12H,7,11H2,1-2H3. The van der Waals surface area contributed by atoms with Crippen molar-refractivity contribution >= 4 is 11.5 Å². The van der Waals surface area contributed by atoms with E-state index in [1.165, 1.54) is 0 Å². The quantitative estimate of drug-likeness (QED) is 0.407. The van der Waals surface area contributed by atoms with E-state index in [1.54, 1.807) is 4.90 Å². The molecule has 3 N–H and O–H groups in total. The van der Waals surface area contributed by atoms with Crippen LogP contribution in [0.5, 0.6) is 0 Å². The van der Waals surface area contributed by atoms with Crippen LogP contribution in [0.4, 0.5) is 5.69 Å². The molecule has 0 fully saturated rings. The molecule has 1 rings (SSSR count). The number of nitrogen functional groups attached to an aromatic ring is 1. The summed E-state index contributed by atoms with van der Waals surface area (Å²) >= 11 is 0. The number of likely N-dealkylation sites (N-methyl/N-ethyl adjacent to an activating group) is 1. The highest BCUT2D eigenvalue weighted by atomic mass is 15.1. The lowest BCUT2D eigenvalue weighted by Gasteiger charge is -2.13. The molecule has 70 valence electrons. The van der Waals surface area contributed by atoms with E-state index in [9.17, 15) is 0 Å². The average molecular weight is 177 g/mol. The third-order valence-corrected chi connectivity index (χ3v) is 1.89. The number of hydrogen-bond acceptors (Lipinski definition) is 2. The van der Waals surface area contributed by atoms with E-state index < -0.39 is 0 Å². The highest BCUT2D eigenvalue weighted by Gasteiger charge is 2.00. The summed E-state index contributed by atoms with van der Waals surface area (Å²) in [5, 5.41) is 7.63. The Balaban J connectivity index is 2.65. The number of hydrogen-bond donors (Lipinski definition) is 2. The fraction of sp³-hybridized carbons (Fsp3) is 0.300. The van der Waals surface area contributed by atoms with Crippen LogP contribution in [-0.2, 0) is 6.42 Å². The number of nitrogens with one attached hydrogen (secondary N) is 1. The van der Waals surface area contributed by atoms with E-state index in [2.05, 4.69) is 0 Å². The molecule has 13 heavy (non-hydrogen) atoms. The first kappa shape index (κ1) is 9.58. The minimum absolute atomic E-state index is 0.602. The van der Waals surface area contributed by atoms with Gasteiger partial charge in [-0.3, -0.25) is 5.41 Å². The van der Waals surface area contributed by atoms with Crippen LogP contribution in [0.15, 0.2) is 24.3 Å². The lowest BCUT2D eigenvalue weighted by Crippen LogP contribution is -2.22. The van der Waals surface area contributed by atoms with Gasteiger partial charge in [0.1, 0.15) is 0 Å². The summed E-state index contributed by atoms with van der Waals surface area (Å²) in [5.74, 6) is 0.602. The second-order valence-electron chi connectivity index (χ2n) is 3.26. The van der Waals surface area contributed by atoms with E-state index in [-0.39, 0.29) is 0 Å². The molecule has 3 nitrogen and oxygen atoms in total. The van der Waals surface area contributed by atoms with Crippen molar-refractivity contribution in [1.82, 2.24) is 4.90 Å². The van der Waals surface area contributed by atoms with Crippen LogP contribution in [0.25, 0.3) is 0 Å². The van der Waals surface area contributed by atoms with E-state index >= 15 is 0 Å². The molecule has 0 unspecified atom stereocenters. The molecular weight excluding hydrogens is 162 g/mol. The van der Waals surface area contributed by atoms with Gasteiger partial charge >= 0.3 is 0 Å². The lowest BCUT2D eigenvalue weighted by molar-refractivity contribution is 0.605. The minimum Gasteiger partial charge on any atom is -0.399 e. The van der Waals surface area contributed by atoms with E-state index in [0.717, 1.165) is 11.3 Å². The van der Waals surface area contributed by atoms with Crippen molar-refractivity contribution in [3.8, 4) is 0 Å². The Hall–Kier alpha value is -1.51. The molecule has 0 aliphatic carbocycles. The number of nitrogens with zero attached hydrogens (tertiary/aromatic N) is 1. The fourth-order valence-corrected chi connectivity index (χ4v) is 0.987. The summed E-state index contributed by atoms with van der Waals surface area (Å²) in [6.07, 6.45) is 0.660. The zero-order chi connectivity index (χ0) is 9.84. The summed E-state index contributed by atoms with van der Waals surface area (Å²) in [7, 11) is 3.75. The van der Waals surface area contributed by atoms with Gasteiger partial charge in [0.2, 0.25) is 0 Å². The van der Waals surface area contributed by atoms with Crippen molar-refractivity contribution in [2.75, 3.05) is 19.8 Å². The summed E-state index contributed by atoms with van der Waals surface area (Å²) in [6.45, 7) is 0. The van der Waals surface area contributed by atoms with Crippen LogP contribution >= 0.6 is 0 Å². The molecule has 3 heteroatoms. The number of amidine groups is 1. The number of benzene rings is 1. The average Bonchev–Trinajstić information content (AvgIpc) is 2.08. The molecule has 0 aliphatic heterocycles. The Morgan fingerprint density at radius 1 is 1.31 bits per heavy atom. The zero-order valence-electron chi connectivity index (χ0n) is 8.04. The molecule has 0 amide bonds. The maximum absolute atomic E-state index is 7.63. The molecule has 1 aromatic carbocycles. The summed E-state index contributed by atoms with van der Waals surface area (Å²) in [4.78, 5) is 1.80.